The molecule has 1 unspecified atom stereocenters. The average Bonchev–Trinajstić information content (AvgIpc) is 2.88. The lowest BCUT2D eigenvalue weighted by atomic mass is 10.0. The van der Waals surface area contributed by atoms with Gasteiger partial charge in [0.1, 0.15) is 24.1 Å². The number of fused-ring (bicyclic) bond motifs is 1. The maximum Gasteiger partial charge on any atom is 0.232 e. The van der Waals surface area contributed by atoms with Gasteiger partial charge in [0.05, 0.1) is 0 Å². The van der Waals surface area contributed by atoms with Crippen LogP contribution in [0.4, 0.5) is 11.8 Å². The maximum absolute atomic E-state index is 5.67. The van der Waals surface area contributed by atoms with Gasteiger partial charge in [-0.2, -0.15) is 4.98 Å². The van der Waals surface area contributed by atoms with Crippen molar-refractivity contribution in [1.82, 2.24) is 25.3 Å². The van der Waals surface area contributed by atoms with E-state index >= 15 is 0 Å². The summed E-state index contributed by atoms with van der Waals surface area (Å²) in [5.41, 5.74) is 1.03. The molecule has 182 valence electrons. The van der Waals surface area contributed by atoms with E-state index in [0.29, 0.717) is 42.0 Å². The SMILES string of the molecule is CC1CCCCN1c1cc(Sc2ncccn2)nc(NC(=S)NCc2ccc3c(c2)OCCO3)n1. The molecule has 5 rings (SSSR count). The van der Waals surface area contributed by atoms with Crippen molar-refractivity contribution in [3.8, 4) is 11.5 Å². The zero-order valence-corrected chi connectivity index (χ0v) is 21.1. The zero-order chi connectivity index (χ0) is 24.0. The molecule has 0 bridgehead atoms. The Morgan fingerprint density at radius 2 is 1.94 bits per heavy atom. The Kier molecular flexibility index (Phi) is 7.43. The topological polar surface area (TPSA) is 97.3 Å². The van der Waals surface area contributed by atoms with E-state index in [4.69, 9.17) is 26.7 Å². The molecule has 2 aromatic heterocycles. The second kappa shape index (κ2) is 11.0. The Bertz CT molecular complexity index is 1180. The number of benzene rings is 1. The number of hydrogen-bond acceptors (Lipinski definition) is 9. The minimum Gasteiger partial charge on any atom is -0.486 e. The first-order valence-electron chi connectivity index (χ1n) is 11.7. The minimum absolute atomic E-state index is 0.414. The summed E-state index contributed by atoms with van der Waals surface area (Å²) in [5, 5.41) is 8.22. The van der Waals surface area contributed by atoms with Crippen LogP contribution >= 0.6 is 24.0 Å². The molecule has 35 heavy (non-hydrogen) atoms. The Hall–Kier alpha value is -3.18. The van der Waals surface area contributed by atoms with E-state index in [-0.39, 0.29) is 0 Å². The number of thiocarbonyl (C=S) groups is 1. The summed E-state index contributed by atoms with van der Waals surface area (Å²) in [5.74, 6) is 2.84. The Morgan fingerprint density at radius 3 is 2.77 bits per heavy atom. The third kappa shape index (κ3) is 6.09. The lowest BCUT2D eigenvalue weighted by Crippen LogP contribution is -2.38. The largest absolute Gasteiger partial charge is 0.486 e. The van der Waals surface area contributed by atoms with Crippen molar-refractivity contribution < 1.29 is 9.47 Å². The van der Waals surface area contributed by atoms with E-state index in [2.05, 4.69) is 37.4 Å². The molecule has 0 amide bonds. The van der Waals surface area contributed by atoms with E-state index in [1.165, 1.54) is 18.2 Å². The number of aromatic nitrogens is 4. The van der Waals surface area contributed by atoms with E-state index in [1.807, 2.05) is 24.3 Å². The van der Waals surface area contributed by atoms with Gasteiger partial charge in [0.25, 0.3) is 0 Å². The van der Waals surface area contributed by atoms with Gasteiger partial charge in [-0.25, -0.2) is 15.0 Å². The van der Waals surface area contributed by atoms with Crippen LogP contribution in [0.1, 0.15) is 31.7 Å². The van der Waals surface area contributed by atoms with E-state index in [0.717, 1.165) is 47.3 Å². The first kappa shape index (κ1) is 23.6. The second-order valence-corrected chi connectivity index (χ2v) is 9.74. The number of nitrogens with one attached hydrogen (secondary N) is 2. The number of ether oxygens (including phenoxy) is 2. The normalized spacial score (nSPS) is 17.1. The van der Waals surface area contributed by atoms with Crippen molar-refractivity contribution in [1.29, 1.82) is 0 Å². The fourth-order valence-corrected chi connectivity index (χ4v) is 4.94. The molecular formula is C24H27N7O2S2. The van der Waals surface area contributed by atoms with Crippen LogP contribution in [0.15, 0.2) is 52.9 Å². The number of hydrogen-bond donors (Lipinski definition) is 2. The van der Waals surface area contributed by atoms with Crippen molar-refractivity contribution in [3.05, 3.63) is 48.3 Å². The molecule has 0 spiro atoms. The van der Waals surface area contributed by atoms with Gasteiger partial charge in [-0.05, 0) is 73.9 Å². The Balaban J connectivity index is 1.30. The van der Waals surface area contributed by atoms with Crippen LogP contribution < -0.4 is 25.0 Å². The first-order chi connectivity index (χ1) is 17.1. The monoisotopic (exact) mass is 509 g/mol. The van der Waals surface area contributed by atoms with Gasteiger partial charge in [-0.15, -0.1) is 0 Å². The van der Waals surface area contributed by atoms with Crippen molar-refractivity contribution in [3.63, 3.8) is 0 Å². The highest BCUT2D eigenvalue weighted by molar-refractivity contribution is 7.99. The second-order valence-electron chi connectivity index (χ2n) is 8.35. The number of anilines is 2. The van der Waals surface area contributed by atoms with Gasteiger partial charge < -0.3 is 25.0 Å². The summed E-state index contributed by atoms with van der Waals surface area (Å²) < 4.78 is 11.3. The molecule has 9 nitrogen and oxygen atoms in total. The molecule has 2 aliphatic heterocycles. The van der Waals surface area contributed by atoms with Crippen molar-refractivity contribution in [2.75, 3.05) is 30.0 Å². The summed E-state index contributed by atoms with van der Waals surface area (Å²) in [4.78, 5) is 20.4. The summed E-state index contributed by atoms with van der Waals surface area (Å²) in [7, 11) is 0. The van der Waals surface area contributed by atoms with E-state index in [1.54, 1.807) is 18.5 Å². The van der Waals surface area contributed by atoms with Crippen LogP contribution in [0.5, 0.6) is 11.5 Å². The fourth-order valence-electron chi connectivity index (χ4n) is 4.06. The smallest absolute Gasteiger partial charge is 0.232 e. The van der Waals surface area contributed by atoms with Gasteiger partial charge in [0, 0.05) is 37.6 Å². The zero-order valence-electron chi connectivity index (χ0n) is 19.4. The molecule has 2 N–H and O–H groups in total. The van der Waals surface area contributed by atoms with Crippen molar-refractivity contribution in [2.45, 2.75) is 49.0 Å². The quantitative estimate of drug-likeness (QED) is 0.286. The van der Waals surface area contributed by atoms with Crippen molar-refractivity contribution >= 4 is 40.9 Å². The first-order valence-corrected chi connectivity index (χ1v) is 12.9. The highest BCUT2D eigenvalue weighted by atomic mass is 32.2. The van der Waals surface area contributed by atoms with Crippen LogP contribution in [0, 0.1) is 0 Å². The summed E-state index contributed by atoms with van der Waals surface area (Å²) in [6.07, 6.45) is 6.98. The van der Waals surface area contributed by atoms with Crippen LogP contribution in [0.25, 0.3) is 0 Å². The predicted octanol–water partition coefficient (Wildman–Crippen LogP) is 4.05. The predicted molar refractivity (Wildman–Crippen MR) is 139 cm³/mol. The fraction of sp³-hybridized carbons (Fsp3) is 0.375. The third-order valence-electron chi connectivity index (χ3n) is 5.81. The van der Waals surface area contributed by atoms with Crippen LogP contribution in [0.2, 0.25) is 0 Å². The maximum atomic E-state index is 5.67. The molecular weight excluding hydrogens is 482 g/mol. The number of nitrogens with zero attached hydrogens (tertiary/aromatic N) is 5. The van der Waals surface area contributed by atoms with Crippen LogP contribution in [0.3, 0.4) is 0 Å². The molecule has 0 aliphatic carbocycles. The van der Waals surface area contributed by atoms with E-state index < -0.39 is 0 Å². The highest BCUT2D eigenvalue weighted by Crippen LogP contribution is 2.31. The van der Waals surface area contributed by atoms with Gasteiger partial charge in [-0.1, -0.05) is 6.07 Å². The molecule has 0 saturated carbocycles. The van der Waals surface area contributed by atoms with E-state index in [9.17, 15) is 0 Å². The minimum atomic E-state index is 0.414. The Morgan fingerprint density at radius 1 is 1.11 bits per heavy atom. The number of piperidine rings is 1. The highest BCUT2D eigenvalue weighted by Gasteiger charge is 2.22. The number of rotatable bonds is 6. The van der Waals surface area contributed by atoms with Gasteiger partial charge in [0.15, 0.2) is 21.8 Å². The van der Waals surface area contributed by atoms with Crippen molar-refractivity contribution in [2.24, 2.45) is 0 Å². The summed E-state index contributed by atoms with van der Waals surface area (Å²) in [6.45, 7) is 4.87. The average molecular weight is 510 g/mol. The summed E-state index contributed by atoms with van der Waals surface area (Å²) >= 11 is 6.95. The molecule has 11 heteroatoms. The lowest BCUT2D eigenvalue weighted by Gasteiger charge is -2.34. The van der Waals surface area contributed by atoms with Gasteiger partial charge >= 0.3 is 0 Å². The molecule has 3 aromatic rings. The van der Waals surface area contributed by atoms with Crippen LogP contribution in [-0.4, -0.2) is 50.8 Å². The molecule has 4 heterocycles. The van der Waals surface area contributed by atoms with Crippen LogP contribution in [-0.2, 0) is 6.54 Å². The molecule has 0 radical (unpaired) electrons. The molecule has 1 saturated heterocycles. The lowest BCUT2D eigenvalue weighted by molar-refractivity contribution is 0.171. The Labute approximate surface area is 214 Å². The molecule has 1 fully saturated rings. The molecule has 1 atom stereocenters. The summed E-state index contributed by atoms with van der Waals surface area (Å²) in [6, 6.07) is 10.1. The van der Waals surface area contributed by atoms with Gasteiger partial charge in [0.2, 0.25) is 5.95 Å². The standard InChI is InChI=1S/C24H27N7O2S2/c1-16-5-2-3-10-31(16)20-14-21(35-24-25-8-4-9-26-24)29-22(28-20)30-23(34)27-15-17-6-7-18-19(13-17)33-12-11-32-18/h4,6-9,13-14,16H,2-3,5,10-12,15H2,1H3,(H2,27,28,29,30,34). The third-order valence-corrected chi connectivity index (χ3v) is 6.87. The molecule has 2 aliphatic rings. The molecule has 1 aromatic carbocycles. The van der Waals surface area contributed by atoms with Gasteiger partial charge in [-0.3, -0.25) is 0 Å².